The van der Waals surface area contributed by atoms with E-state index in [-0.39, 0.29) is 6.61 Å². The van der Waals surface area contributed by atoms with Gasteiger partial charge in [-0.1, -0.05) is 60.3 Å². The summed E-state index contributed by atoms with van der Waals surface area (Å²) >= 11 is 1.38. The maximum Gasteiger partial charge on any atom is 0.136 e. The van der Waals surface area contributed by atoms with Crippen molar-refractivity contribution in [3.63, 3.8) is 0 Å². The van der Waals surface area contributed by atoms with Crippen molar-refractivity contribution >= 4 is 11.8 Å². The molecular formula is C18H20O4S. The highest BCUT2D eigenvalue weighted by atomic mass is 32.2. The van der Waals surface area contributed by atoms with E-state index in [0.29, 0.717) is 0 Å². The number of hydrogen-bond acceptors (Lipinski definition) is 5. The summed E-state index contributed by atoms with van der Waals surface area (Å²) in [7, 11) is 0. The van der Waals surface area contributed by atoms with Crippen molar-refractivity contribution in [3.05, 3.63) is 65.7 Å². The molecule has 23 heavy (non-hydrogen) atoms. The van der Waals surface area contributed by atoms with Crippen LogP contribution in [0.4, 0.5) is 0 Å². The molecule has 0 bridgehead atoms. The molecule has 122 valence electrons. The monoisotopic (exact) mass is 332 g/mol. The van der Waals surface area contributed by atoms with Crippen LogP contribution in [-0.4, -0.2) is 45.7 Å². The van der Waals surface area contributed by atoms with E-state index >= 15 is 0 Å². The summed E-state index contributed by atoms with van der Waals surface area (Å²) in [5.74, 6) is 0. The van der Waals surface area contributed by atoms with Crippen molar-refractivity contribution in [2.45, 2.75) is 35.1 Å². The third kappa shape index (κ3) is 3.76. The van der Waals surface area contributed by atoms with Gasteiger partial charge in [0.2, 0.25) is 0 Å². The van der Waals surface area contributed by atoms with E-state index in [1.165, 1.54) is 17.3 Å². The maximum atomic E-state index is 10.1. The second-order valence-electron chi connectivity index (χ2n) is 5.59. The van der Waals surface area contributed by atoms with Crippen LogP contribution >= 0.6 is 11.8 Å². The molecule has 4 nitrogen and oxygen atoms in total. The lowest BCUT2D eigenvalue weighted by molar-refractivity contribution is -0.00808. The third-order valence-corrected chi connectivity index (χ3v) is 5.23. The zero-order valence-corrected chi connectivity index (χ0v) is 13.4. The maximum absolute atomic E-state index is 10.1. The number of aliphatic hydroxyl groups is 3. The van der Waals surface area contributed by atoms with Crippen molar-refractivity contribution in [2.75, 3.05) is 6.61 Å². The molecule has 1 heterocycles. The minimum Gasteiger partial charge on any atom is -0.394 e. The number of thioether (sulfide) groups is 1. The molecule has 0 aliphatic carbocycles. The fraction of sp³-hybridized carbons (Fsp3) is 0.333. The van der Waals surface area contributed by atoms with Gasteiger partial charge in [0, 0.05) is 4.90 Å². The van der Waals surface area contributed by atoms with Crippen LogP contribution in [-0.2, 0) is 11.2 Å². The second-order valence-corrected chi connectivity index (χ2v) is 6.73. The molecule has 2 aromatic rings. The molecular weight excluding hydrogens is 312 g/mol. The van der Waals surface area contributed by atoms with Crippen molar-refractivity contribution in [1.29, 1.82) is 0 Å². The van der Waals surface area contributed by atoms with Gasteiger partial charge in [-0.15, -0.1) is 0 Å². The van der Waals surface area contributed by atoms with Crippen LogP contribution in [0.5, 0.6) is 0 Å². The van der Waals surface area contributed by atoms with Crippen LogP contribution in [0.25, 0.3) is 0 Å². The van der Waals surface area contributed by atoms with Gasteiger partial charge in [-0.25, -0.2) is 0 Å². The lowest BCUT2D eigenvalue weighted by Crippen LogP contribution is -2.33. The topological polar surface area (TPSA) is 69.9 Å². The highest BCUT2D eigenvalue weighted by Crippen LogP contribution is 2.36. The molecule has 3 rings (SSSR count). The van der Waals surface area contributed by atoms with Crippen LogP contribution in [0, 0.1) is 0 Å². The minimum atomic E-state index is -1.06. The zero-order chi connectivity index (χ0) is 16.2. The largest absolute Gasteiger partial charge is 0.394 e. The number of hydrogen-bond donors (Lipinski definition) is 3. The molecule has 2 aromatic carbocycles. The van der Waals surface area contributed by atoms with Gasteiger partial charge in [-0.05, 0) is 23.6 Å². The summed E-state index contributed by atoms with van der Waals surface area (Å²) in [4.78, 5) is 1.01. The Hall–Kier alpha value is -1.37. The van der Waals surface area contributed by atoms with Crippen LogP contribution < -0.4 is 0 Å². The van der Waals surface area contributed by atoms with Gasteiger partial charge < -0.3 is 20.1 Å². The van der Waals surface area contributed by atoms with E-state index in [2.05, 4.69) is 18.2 Å². The van der Waals surface area contributed by atoms with E-state index in [4.69, 9.17) is 4.74 Å². The molecule has 1 aliphatic rings. The molecule has 0 radical (unpaired) electrons. The summed E-state index contributed by atoms with van der Waals surface area (Å²) in [6, 6.07) is 18.1. The van der Waals surface area contributed by atoms with Crippen molar-refractivity contribution < 1.29 is 20.1 Å². The van der Waals surface area contributed by atoms with E-state index < -0.39 is 23.7 Å². The normalized spacial score (nSPS) is 27.3. The molecule has 5 heteroatoms. The van der Waals surface area contributed by atoms with E-state index in [9.17, 15) is 15.3 Å². The molecule has 3 N–H and O–H groups in total. The van der Waals surface area contributed by atoms with Crippen LogP contribution in [0.15, 0.2) is 59.5 Å². The Morgan fingerprint density at radius 1 is 0.913 bits per heavy atom. The minimum absolute atomic E-state index is 0.305. The average Bonchev–Trinajstić information content (AvgIpc) is 2.85. The predicted molar refractivity (Wildman–Crippen MR) is 89.3 cm³/mol. The quantitative estimate of drug-likeness (QED) is 0.779. The molecule has 1 unspecified atom stereocenters. The van der Waals surface area contributed by atoms with Gasteiger partial charge in [0.15, 0.2) is 0 Å². The molecule has 0 saturated carbocycles. The number of rotatable bonds is 5. The Morgan fingerprint density at radius 3 is 2.30 bits per heavy atom. The summed E-state index contributed by atoms with van der Waals surface area (Å²) in [5, 5.41) is 29.1. The zero-order valence-electron chi connectivity index (χ0n) is 12.6. The van der Waals surface area contributed by atoms with Gasteiger partial charge in [0.05, 0.1) is 6.61 Å². The summed E-state index contributed by atoms with van der Waals surface area (Å²) in [6.07, 6.45) is -2.01. The summed E-state index contributed by atoms with van der Waals surface area (Å²) in [5.41, 5.74) is 1.77. The Bertz CT molecular complexity index is 634. The molecule has 0 spiro atoms. The first-order chi connectivity index (χ1) is 11.2. The van der Waals surface area contributed by atoms with E-state index in [1.807, 2.05) is 36.4 Å². The van der Waals surface area contributed by atoms with Gasteiger partial charge in [-0.3, -0.25) is 0 Å². The smallest absolute Gasteiger partial charge is 0.136 e. The van der Waals surface area contributed by atoms with Gasteiger partial charge in [0.25, 0.3) is 0 Å². The lowest BCUT2D eigenvalue weighted by Gasteiger charge is -2.16. The first-order valence-electron chi connectivity index (χ1n) is 7.60. The summed E-state index contributed by atoms with van der Waals surface area (Å²) < 4.78 is 5.56. The molecule has 1 fully saturated rings. The fourth-order valence-electron chi connectivity index (χ4n) is 2.67. The van der Waals surface area contributed by atoms with Crippen LogP contribution in [0.2, 0.25) is 0 Å². The van der Waals surface area contributed by atoms with Gasteiger partial charge >= 0.3 is 0 Å². The van der Waals surface area contributed by atoms with E-state index in [1.54, 1.807) is 0 Å². The van der Waals surface area contributed by atoms with Crippen LogP contribution in [0.1, 0.15) is 11.1 Å². The van der Waals surface area contributed by atoms with Gasteiger partial charge in [0.1, 0.15) is 23.7 Å². The SMILES string of the molecule is OC[C@H]1OC(Sc2ccccc2Cc2ccccc2)[C@H](O)[C@H]1O. The predicted octanol–water partition coefficient (Wildman–Crippen LogP) is 1.81. The van der Waals surface area contributed by atoms with Crippen molar-refractivity contribution in [2.24, 2.45) is 0 Å². The molecule has 4 atom stereocenters. The Kier molecular flexibility index (Phi) is 5.35. The molecule has 1 saturated heterocycles. The fourth-order valence-corrected chi connectivity index (χ4v) is 3.87. The summed E-state index contributed by atoms with van der Waals surface area (Å²) in [6.45, 7) is -0.305. The number of benzene rings is 2. The highest BCUT2D eigenvalue weighted by Gasteiger charge is 2.42. The van der Waals surface area contributed by atoms with E-state index in [0.717, 1.165) is 16.9 Å². The Morgan fingerprint density at radius 2 is 1.61 bits per heavy atom. The lowest BCUT2D eigenvalue weighted by atomic mass is 10.1. The highest BCUT2D eigenvalue weighted by molar-refractivity contribution is 7.99. The van der Waals surface area contributed by atoms with Crippen LogP contribution in [0.3, 0.4) is 0 Å². The molecule has 1 aliphatic heterocycles. The van der Waals surface area contributed by atoms with Crippen molar-refractivity contribution in [3.8, 4) is 0 Å². The first kappa shape index (κ1) is 16.5. The third-order valence-electron chi connectivity index (χ3n) is 3.95. The molecule has 0 amide bonds. The standard InChI is InChI=1S/C18H20O4S/c19-11-14-16(20)17(21)18(22-14)23-15-9-5-4-8-13(15)10-12-6-2-1-3-7-12/h1-9,14,16-21H,10-11H2/t14-,16+,17-,18?/m1/s1. The number of ether oxygens (including phenoxy) is 1. The second kappa shape index (κ2) is 7.47. The first-order valence-corrected chi connectivity index (χ1v) is 8.48. The average molecular weight is 332 g/mol. The van der Waals surface area contributed by atoms with Crippen molar-refractivity contribution in [1.82, 2.24) is 0 Å². The number of aliphatic hydroxyl groups excluding tert-OH is 3. The molecule has 0 aromatic heterocycles. The Balaban J connectivity index is 1.76. The van der Waals surface area contributed by atoms with Gasteiger partial charge in [-0.2, -0.15) is 0 Å². The Labute approximate surface area is 139 Å².